The molecule has 2 aliphatic rings. The van der Waals surface area contributed by atoms with Crippen molar-refractivity contribution in [1.82, 2.24) is 29.8 Å². The lowest BCUT2D eigenvalue weighted by Crippen LogP contribution is -2.44. The van der Waals surface area contributed by atoms with Gasteiger partial charge in [0.1, 0.15) is 11.9 Å². The fraction of sp³-hybridized carbons (Fsp3) is 0.333. The number of alkyl halides is 5. The molecule has 9 nitrogen and oxygen atoms in total. The summed E-state index contributed by atoms with van der Waals surface area (Å²) in [5, 5.41) is 3.24. The standard InChI is InChI=1S/C33H30F6N8O/c34-21-7-11-23(12-8-21)46(22-9-5-20(6-10-22)33(37,38)39)24-13-16-45(17-14-24)31-42-29(27-19-40-15-18-48-27)43-32(44-31)47-26-4-2-1-3-25(26)41-30(47)28(35)36/h1-12,24,27-28,40H,13-19H2. The molecule has 3 aromatic carbocycles. The van der Waals surface area contributed by atoms with Gasteiger partial charge >= 0.3 is 6.18 Å². The van der Waals surface area contributed by atoms with Gasteiger partial charge in [0.05, 0.1) is 23.2 Å². The second-order valence-corrected chi connectivity index (χ2v) is 11.6. The lowest BCUT2D eigenvalue weighted by atomic mass is 10.0. The van der Waals surface area contributed by atoms with Gasteiger partial charge in [-0.3, -0.25) is 4.57 Å². The highest BCUT2D eigenvalue weighted by Gasteiger charge is 2.33. The van der Waals surface area contributed by atoms with Crippen LogP contribution in [0.2, 0.25) is 0 Å². The average molecular weight is 669 g/mol. The molecule has 15 heteroatoms. The Morgan fingerprint density at radius 2 is 1.50 bits per heavy atom. The van der Waals surface area contributed by atoms with Gasteiger partial charge in [-0.15, -0.1) is 0 Å². The molecule has 2 aliphatic heterocycles. The summed E-state index contributed by atoms with van der Waals surface area (Å²) in [5.74, 6) is -0.358. The number of halogens is 6. The van der Waals surface area contributed by atoms with Crippen molar-refractivity contribution >= 4 is 28.4 Å². The molecule has 5 aromatic rings. The summed E-state index contributed by atoms with van der Waals surface area (Å²) in [5.41, 5.74) is 1.19. The Morgan fingerprint density at radius 3 is 2.15 bits per heavy atom. The number of benzene rings is 3. The zero-order chi connectivity index (χ0) is 33.4. The van der Waals surface area contributed by atoms with Crippen LogP contribution in [-0.2, 0) is 10.9 Å². The van der Waals surface area contributed by atoms with Crippen LogP contribution in [0.1, 0.15) is 42.6 Å². The number of ether oxygens (including phenoxy) is 1. The van der Waals surface area contributed by atoms with Crippen LogP contribution >= 0.6 is 0 Å². The van der Waals surface area contributed by atoms with Crippen molar-refractivity contribution in [3.8, 4) is 5.95 Å². The number of hydrogen-bond acceptors (Lipinski definition) is 8. The number of aromatic nitrogens is 5. The van der Waals surface area contributed by atoms with Crippen molar-refractivity contribution in [3.63, 3.8) is 0 Å². The molecule has 0 aliphatic carbocycles. The molecule has 1 unspecified atom stereocenters. The Hall–Kier alpha value is -4.76. The van der Waals surface area contributed by atoms with Crippen molar-refractivity contribution in [2.75, 3.05) is 42.6 Å². The molecular weight excluding hydrogens is 638 g/mol. The van der Waals surface area contributed by atoms with Gasteiger partial charge in [0, 0.05) is 43.6 Å². The number of piperidine rings is 1. The summed E-state index contributed by atoms with van der Waals surface area (Å²) >= 11 is 0. The molecule has 2 aromatic heterocycles. The van der Waals surface area contributed by atoms with E-state index in [0.717, 1.165) is 12.1 Å². The summed E-state index contributed by atoms with van der Waals surface area (Å²) in [6, 6.07) is 17.3. The summed E-state index contributed by atoms with van der Waals surface area (Å²) in [7, 11) is 0. The Bertz CT molecular complexity index is 1870. The molecule has 0 saturated carbocycles. The van der Waals surface area contributed by atoms with Gasteiger partial charge in [-0.1, -0.05) is 12.1 Å². The number of para-hydroxylation sites is 2. The van der Waals surface area contributed by atoms with Gasteiger partial charge in [0.25, 0.3) is 6.43 Å². The predicted molar refractivity (Wildman–Crippen MR) is 166 cm³/mol. The topological polar surface area (TPSA) is 84.2 Å². The van der Waals surface area contributed by atoms with Crippen molar-refractivity contribution in [1.29, 1.82) is 0 Å². The smallest absolute Gasteiger partial charge is 0.368 e. The molecule has 0 radical (unpaired) electrons. The normalized spacial score (nSPS) is 17.7. The van der Waals surface area contributed by atoms with Crippen LogP contribution in [0.25, 0.3) is 17.0 Å². The molecule has 0 amide bonds. The van der Waals surface area contributed by atoms with Crippen LogP contribution in [0, 0.1) is 5.82 Å². The van der Waals surface area contributed by atoms with Crippen LogP contribution in [0.15, 0.2) is 72.8 Å². The van der Waals surface area contributed by atoms with Crippen molar-refractivity contribution in [2.24, 2.45) is 0 Å². The number of morpholine rings is 1. The van der Waals surface area contributed by atoms with E-state index in [1.807, 2.05) is 9.80 Å². The Labute approximate surface area is 271 Å². The maximum Gasteiger partial charge on any atom is 0.416 e. The van der Waals surface area contributed by atoms with E-state index >= 15 is 0 Å². The minimum absolute atomic E-state index is 0.00649. The first-order chi connectivity index (χ1) is 23.2. The van der Waals surface area contributed by atoms with E-state index in [1.54, 1.807) is 36.4 Å². The molecule has 0 bridgehead atoms. The van der Waals surface area contributed by atoms with Gasteiger partial charge in [-0.05, 0) is 73.5 Å². The summed E-state index contributed by atoms with van der Waals surface area (Å²) in [4.78, 5) is 22.0. The lowest BCUT2D eigenvalue weighted by molar-refractivity contribution is -0.137. The third-order valence-electron chi connectivity index (χ3n) is 8.52. The molecule has 2 fully saturated rings. The number of rotatable bonds is 7. The highest BCUT2D eigenvalue weighted by atomic mass is 19.4. The summed E-state index contributed by atoms with van der Waals surface area (Å²) in [6.45, 7) is 2.37. The fourth-order valence-electron chi connectivity index (χ4n) is 6.19. The van der Waals surface area contributed by atoms with Crippen LogP contribution < -0.4 is 15.1 Å². The number of nitrogens with one attached hydrogen (secondary N) is 1. The molecule has 4 heterocycles. The Kier molecular flexibility index (Phi) is 8.64. The number of nitrogens with zero attached hydrogens (tertiary/aromatic N) is 7. The average Bonchev–Trinajstić information content (AvgIpc) is 3.50. The predicted octanol–water partition coefficient (Wildman–Crippen LogP) is 6.77. The van der Waals surface area contributed by atoms with E-state index in [0.29, 0.717) is 73.9 Å². The molecule has 2 saturated heterocycles. The van der Waals surface area contributed by atoms with E-state index in [2.05, 4.69) is 20.3 Å². The van der Waals surface area contributed by atoms with Crippen molar-refractivity contribution in [3.05, 3.63) is 95.8 Å². The second kappa shape index (κ2) is 13.0. The van der Waals surface area contributed by atoms with Gasteiger partial charge in [0.2, 0.25) is 11.9 Å². The first-order valence-corrected chi connectivity index (χ1v) is 15.5. The minimum atomic E-state index is -4.48. The van der Waals surface area contributed by atoms with Crippen LogP contribution in [0.5, 0.6) is 0 Å². The minimum Gasteiger partial charge on any atom is -0.368 e. The second-order valence-electron chi connectivity index (χ2n) is 11.6. The van der Waals surface area contributed by atoms with Gasteiger partial charge in [0.15, 0.2) is 11.6 Å². The highest BCUT2D eigenvalue weighted by Crippen LogP contribution is 2.36. The third-order valence-corrected chi connectivity index (χ3v) is 8.52. The Morgan fingerprint density at radius 1 is 0.833 bits per heavy atom. The molecule has 1 N–H and O–H groups in total. The first-order valence-electron chi connectivity index (χ1n) is 15.5. The van der Waals surface area contributed by atoms with Crippen molar-refractivity contribution in [2.45, 2.75) is 37.6 Å². The molecule has 250 valence electrons. The number of imidazole rings is 1. The lowest BCUT2D eigenvalue weighted by Gasteiger charge is -2.40. The third kappa shape index (κ3) is 6.39. The zero-order valence-electron chi connectivity index (χ0n) is 25.4. The van der Waals surface area contributed by atoms with Gasteiger partial charge in [-0.25, -0.2) is 18.2 Å². The highest BCUT2D eigenvalue weighted by molar-refractivity contribution is 5.77. The number of anilines is 3. The SMILES string of the molecule is Fc1ccc(N(c2ccc(C(F)(F)F)cc2)C2CCN(c3nc(C4CNCCO4)nc(-n4c(C(F)F)nc5ccccc54)n3)CC2)cc1. The molecule has 1 atom stereocenters. The monoisotopic (exact) mass is 668 g/mol. The molecule has 0 spiro atoms. The first kappa shape index (κ1) is 31.8. The number of fused-ring (bicyclic) bond motifs is 1. The van der Waals surface area contributed by atoms with E-state index in [-0.39, 0.29) is 17.9 Å². The summed E-state index contributed by atoms with van der Waals surface area (Å²) < 4.78 is 89.5. The maximum atomic E-state index is 14.3. The van der Waals surface area contributed by atoms with Crippen LogP contribution in [0.3, 0.4) is 0 Å². The summed E-state index contributed by atoms with van der Waals surface area (Å²) in [6.07, 6.45) is -6.84. The zero-order valence-corrected chi connectivity index (χ0v) is 25.4. The van der Waals surface area contributed by atoms with E-state index in [4.69, 9.17) is 9.72 Å². The van der Waals surface area contributed by atoms with Gasteiger partial charge < -0.3 is 19.9 Å². The fourth-order valence-corrected chi connectivity index (χ4v) is 6.19. The van der Waals surface area contributed by atoms with E-state index < -0.39 is 35.9 Å². The van der Waals surface area contributed by atoms with E-state index in [1.165, 1.54) is 28.8 Å². The quantitative estimate of drug-likeness (QED) is 0.190. The van der Waals surface area contributed by atoms with Crippen LogP contribution in [-0.4, -0.2) is 63.3 Å². The Balaban J connectivity index is 1.22. The molecule has 7 rings (SSSR count). The number of hydrogen-bond donors (Lipinski definition) is 1. The van der Waals surface area contributed by atoms with Crippen molar-refractivity contribution < 1.29 is 31.1 Å². The van der Waals surface area contributed by atoms with Gasteiger partial charge in [-0.2, -0.15) is 28.1 Å². The molecular formula is C33H30F6N8O. The maximum absolute atomic E-state index is 14.3. The largest absolute Gasteiger partial charge is 0.416 e. The van der Waals surface area contributed by atoms with E-state index in [9.17, 15) is 26.3 Å². The molecule has 48 heavy (non-hydrogen) atoms. The van der Waals surface area contributed by atoms with Crippen LogP contribution in [0.4, 0.5) is 43.7 Å².